The number of furan rings is 1. The van der Waals surface area contributed by atoms with Crippen LogP contribution in [0.4, 0.5) is 0 Å². The normalized spacial score (nSPS) is 11.2. The summed E-state index contributed by atoms with van der Waals surface area (Å²) < 4.78 is 7.42. The third-order valence-electron chi connectivity index (χ3n) is 3.74. The van der Waals surface area contributed by atoms with E-state index in [1.807, 2.05) is 24.1 Å². The molecule has 1 amide bonds. The monoisotopic (exact) mass is 404 g/mol. The molecule has 0 atom stereocenters. The van der Waals surface area contributed by atoms with Gasteiger partial charge in [0.15, 0.2) is 10.4 Å². The lowest BCUT2D eigenvalue weighted by Crippen LogP contribution is -2.34. The SMILES string of the molecule is CNC(=O)c1nn(CN(C)Cc2ccc(Br)o2)c(=O)c2ccccc12. The van der Waals surface area contributed by atoms with Crippen LogP contribution in [0, 0.1) is 0 Å². The molecule has 130 valence electrons. The van der Waals surface area contributed by atoms with E-state index < -0.39 is 0 Å². The molecule has 1 aromatic carbocycles. The van der Waals surface area contributed by atoms with Gasteiger partial charge in [0.2, 0.25) is 0 Å². The van der Waals surface area contributed by atoms with Crippen molar-refractivity contribution in [3.63, 3.8) is 0 Å². The molecule has 0 spiro atoms. The standard InChI is InChI=1S/C17H17BrN4O3/c1-19-16(23)15-12-5-3-4-6-13(12)17(24)22(20-15)10-21(2)9-11-7-8-14(18)25-11/h3-8H,9-10H2,1-2H3,(H,19,23). The van der Waals surface area contributed by atoms with E-state index in [-0.39, 0.29) is 23.8 Å². The lowest BCUT2D eigenvalue weighted by molar-refractivity contribution is 0.0956. The fraction of sp³-hybridized carbons (Fsp3) is 0.235. The molecule has 3 rings (SSSR count). The Morgan fingerprint density at radius 1 is 1.28 bits per heavy atom. The maximum absolute atomic E-state index is 12.7. The number of carbonyl (C=O) groups is 1. The highest BCUT2D eigenvalue weighted by Crippen LogP contribution is 2.16. The van der Waals surface area contributed by atoms with Gasteiger partial charge in [0.05, 0.1) is 18.6 Å². The zero-order valence-corrected chi connectivity index (χ0v) is 15.4. The predicted octanol–water partition coefficient (Wildman–Crippen LogP) is 2.20. The molecule has 0 aliphatic carbocycles. The summed E-state index contributed by atoms with van der Waals surface area (Å²) in [5, 5.41) is 7.84. The summed E-state index contributed by atoms with van der Waals surface area (Å²) in [7, 11) is 3.38. The number of aromatic nitrogens is 2. The number of nitrogens with zero attached hydrogens (tertiary/aromatic N) is 3. The largest absolute Gasteiger partial charge is 0.453 e. The summed E-state index contributed by atoms with van der Waals surface area (Å²) in [6.45, 7) is 0.730. The third kappa shape index (κ3) is 3.64. The second kappa shape index (κ2) is 7.20. The van der Waals surface area contributed by atoms with E-state index in [0.29, 0.717) is 22.0 Å². The molecule has 0 aliphatic rings. The van der Waals surface area contributed by atoms with Gasteiger partial charge in [0, 0.05) is 12.4 Å². The molecule has 7 nitrogen and oxygen atoms in total. The Morgan fingerprint density at radius 2 is 2.00 bits per heavy atom. The van der Waals surface area contributed by atoms with Gasteiger partial charge >= 0.3 is 0 Å². The molecule has 0 saturated carbocycles. The molecule has 8 heteroatoms. The fourth-order valence-electron chi connectivity index (χ4n) is 2.60. The molecule has 0 saturated heterocycles. The predicted molar refractivity (Wildman–Crippen MR) is 97.3 cm³/mol. The van der Waals surface area contributed by atoms with Gasteiger partial charge in [-0.25, -0.2) is 4.68 Å². The van der Waals surface area contributed by atoms with Gasteiger partial charge in [-0.15, -0.1) is 0 Å². The second-order valence-electron chi connectivity index (χ2n) is 5.64. The summed E-state index contributed by atoms with van der Waals surface area (Å²) in [5.41, 5.74) is -0.0115. The average molecular weight is 405 g/mol. The number of hydrogen-bond donors (Lipinski definition) is 1. The number of benzene rings is 1. The van der Waals surface area contributed by atoms with Crippen LogP contribution in [0.1, 0.15) is 16.2 Å². The van der Waals surface area contributed by atoms with Gasteiger partial charge in [-0.3, -0.25) is 14.5 Å². The Hall–Kier alpha value is -2.45. The Labute approximate surface area is 152 Å². The first-order valence-corrected chi connectivity index (χ1v) is 8.43. The maximum atomic E-state index is 12.7. The van der Waals surface area contributed by atoms with Crippen LogP contribution in [0.25, 0.3) is 10.8 Å². The first-order valence-electron chi connectivity index (χ1n) is 7.64. The molecule has 0 unspecified atom stereocenters. The van der Waals surface area contributed by atoms with Crippen molar-refractivity contribution < 1.29 is 9.21 Å². The smallest absolute Gasteiger partial charge is 0.275 e. The number of carbonyl (C=O) groups excluding carboxylic acids is 1. The topological polar surface area (TPSA) is 80.4 Å². The molecule has 3 aromatic rings. The number of hydrogen-bond acceptors (Lipinski definition) is 5. The van der Waals surface area contributed by atoms with E-state index in [2.05, 4.69) is 26.3 Å². The van der Waals surface area contributed by atoms with Gasteiger partial charge in [0.1, 0.15) is 5.76 Å². The Morgan fingerprint density at radius 3 is 2.64 bits per heavy atom. The summed E-state index contributed by atoms with van der Waals surface area (Å²) in [4.78, 5) is 26.7. The van der Waals surface area contributed by atoms with Crippen molar-refractivity contribution in [2.45, 2.75) is 13.2 Å². The Bertz CT molecular complexity index is 979. The van der Waals surface area contributed by atoms with Crippen molar-refractivity contribution in [3.05, 3.63) is 62.9 Å². The van der Waals surface area contributed by atoms with Crippen LogP contribution in [0.2, 0.25) is 0 Å². The number of halogens is 1. The highest BCUT2D eigenvalue weighted by molar-refractivity contribution is 9.10. The van der Waals surface area contributed by atoms with Crippen LogP contribution in [0.5, 0.6) is 0 Å². The van der Waals surface area contributed by atoms with Crippen LogP contribution in [0.15, 0.2) is 50.3 Å². The summed E-state index contributed by atoms with van der Waals surface area (Å²) in [5.74, 6) is 0.428. The van der Waals surface area contributed by atoms with E-state index in [9.17, 15) is 9.59 Å². The third-order valence-corrected chi connectivity index (χ3v) is 4.17. The van der Waals surface area contributed by atoms with Crippen molar-refractivity contribution in [2.24, 2.45) is 0 Å². The van der Waals surface area contributed by atoms with E-state index in [0.717, 1.165) is 5.76 Å². The van der Waals surface area contributed by atoms with Gasteiger partial charge in [-0.05, 0) is 41.2 Å². The zero-order chi connectivity index (χ0) is 18.0. The molecular weight excluding hydrogens is 388 g/mol. The lowest BCUT2D eigenvalue weighted by atomic mass is 10.1. The molecular formula is C17H17BrN4O3. The molecule has 0 aliphatic heterocycles. The van der Waals surface area contributed by atoms with Crippen LogP contribution < -0.4 is 10.9 Å². The highest BCUT2D eigenvalue weighted by Gasteiger charge is 2.16. The van der Waals surface area contributed by atoms with E-state index >= 15 is 0 Å². The minimum atomic E-state index is -0.331. The number of nitrogens with one attached hydrogen (secondary N) is 1. The van der Waals surface area contributed by atoms with E-state index in [1.54, 1.807) is 24.3 Å². The minimum Gasteiger partial charge on any atom is -0.453 e. The Kier molecular flexibility index (Phi) is 5.00. The van der Waals surface area contributed by atoms with Crippen molar-refractivity contribution in [1.29, 1.82) is 0 Å². The van der Waals surface area contributed by atoms with Crippen molar-refractivity contribution in [1.82, 2.24) is 20.0 Å². The number of rotatable bonds is 5. The maximum Gasteiger partial charge on any atom is 0.275 e. The van der Waals surface area contributed by atoms with Gasteiger partial charge in [-0.2, -0.15) is 5.10 Å². The molecule has 0 bridgehead atoms. The van der Waals surface area contributed by atoms with E-state index in [1.165, 1.54) is 11.7 Å². The first-order chi connectivity index (χ1) is 12.0. The Balaban J connectivity index is 1.96. The van der Waals surface area contributed by atoms with Crippen molar-refractivity contribution in [3.8, 4) is 0 Å². The summed E-state index contributed by atoms with van der Waals surface area (Å²) in [6.07, 6.45) is 0. The van der Waals surface area contributed by atoms with Crippen LogP contribution in [0.3, 0.4) is 0 Å². The highest BCUT2D eigenvalue weighted by atomic mass is 79.9. The molecule has 25 heavy (non-hydrogen) atoms. The lowest BCUT2D eigenvalue weighted by Gasteiger charge is -2.17. The van der Waals surface area contributed by atoms with Gasteiger partial charge in [-0.1, -0.05) is 18.2 Å². The molecule has 2 aromatic heterocycles. The zero-order valence-electron chi connectivity index (χ0n) is 13.8. The fourth-order valence-corrected chi connectivity index (χ4v) is 2.94. The van der Waals surface area contributed by atoms with Crippen molar-refractivity contribution in [2.75, 3.05) is 14.1 Å². The van der Waals surface area contributed by atoms with Crippen molar-refractivity contribution >= 4 is 32.6 Å². The van der Waals surface area contributed by atoms with Crippen LogP contribution in [-0.2, 0) is 13.2 Å². The summed E-state index contributed by atoms with van der Waals surface area (Å²) >= 11 is 3.26. The summed E-state index contributed by atoms with van der Waals surface area (Å²) in [6, 6.07) is 10.6. The number of fused-ring (bicyclic) bond motifs is 1. The quantitative estimate of drug-likeness (QED) is 0.704. The van der Waals surface area contributed by atoms with Crippen LogP contribution in [-0.4, -0.2) is 34.7 Å². The van der Waals surface area contributed by atoms with Gasteiger partial charge < -0.3 is 9.73 Å². The average Bonchev–Trinajstić information content (AvgIpc) is 3.01. The van der Waals surface area contributed by atoms with Gasteiger partial charge in [0.25, 0.3) is 11.5 Å². The number of amides is 1. The first kappa shape index (κ1) is 17.4. The molecule has 0 radical (unpaired) electrons. The second-order valence-corrected chi connectivity index (χ2v) is 6.42. The van der Waals surface area contributed by atoms with Crippen LogP contribution >= 0.6 is 15.9 Å². The molecule has 0 fully saturated rings. The molecule has 2 heterocycles. The minimum absolute atomic E-state index is 0.228. The molecule has 1 N–H and O–H groups in total. The van der Waals surface area contributed by atoms with E-state index in [4.69, 9.17) is 4.42 Å².